The van der Waals surface area contributed by atoms with Gasteiger partial charge in [-0.05, 0) is 17.7 Å². The molecule has 3 N–H and O–H groups in total. The van der Waals surface area contributed by atoms with Gasteiger partial charge in [-0.15, -0.1) is 0 Å². The molecule has 1 aliphatic heterocycles. The van der Waals surface area contributed by atoms with E-state index in [1.54, 1.807) is 0 Å². The van der Waals surface area contributed by atoms with Gasteiger partial charge in [-0.25, -0.2) is 0 Å². The molecule has 1 aliphatic rings. The van der Waals surface area contributed by atoms with E-state index in [1.807, 2.05) is 54.6 Å². The molecular formula is C18H20N2O3. The summed E-state index contributed by atoms with van der Waals surface area (Å²) in [5.74, 6) is 1.35. The third-order valence-electron chi connectivity index (χ3n) is 3.73. The Labute approximate surface area is 135 Å². The molecule has 0 spiro atoms. The number of para-hydroxylation sites is 2. The van der Waals surface area contributed by atoms with Crippen LogP contribution in [0.3, 0.4) is 0 Å². The molecule has 5 nitrogen and oxygen atoms in total. The zero-order valence-corrected chi connectivity index (χ0v) is 12.8. The Kier molecular flexibility index (Phi) is 4.78. The van der Waals surface area contributed by atoms with Crippen LogP contribution in [-0.4, -0.2) is 25.2 Å². The third-order valence-corrected chi connectivity index (χ3v) is 3.73. The number of carbonyl (C=O) groups is 1. The molecule has 0 aromatic heterocycles. The lowest BCUT2D eigenvalue weighted by molar-refractivity contribution is -0.122. The lowest BCUT2D eigenvalue weighted by atomic mass is 10.0. The van der Waals surface area contributed by atoms with Gasteiger partial charge in [0.2, 0.25) is 5.91 Å². The van der Waals surface area contributed by atoms with E-state index in [0.29, 0.717) is 18.9 Å². The lowest BCUT2D eigenvalue weighted by Gasteiger charge is -2.26. The molecular weight excluding hydrogens is 292 g/mol. The molecule has 2 atom stereocenters. The maximum Gasteiger partial charge on any atom is 0.222 e. The van der Waals surface area contributed by atoms with E-state index in [0.717, 1.165) is 11.3 Å². The number of hydrogen-bond acceptors (Lipinski definition) is 4. The third kappa shape index (κ3) is 4.02. The second-order valence-electron chi connectivity index (χ2n) is 5.52. The molecule has 3 rings (SSSR count). The van der Waals surface area contributed by atoms with Crippen molar-refractivity contribution in [3.8, 4) is 11.5 Å². The second-order valence-corrected chi connectivity index (χ2v) is 5.52. The van der Waals surface area contributed by atoms with Gasteiger partial charge in [0, 0.05) is 12.5 Å². The highest BCUT2D eigenvalue weighted by Crippen LogP contribution is 2.30. The number of nitrogens with one attached hydrogen (secondary N) is 1. The minimum Gasteiger partial charge on any atom is -0.486 e. The van der Waals surface area contributed by atoms with Gasteiger partial charge in [0.05, 0.1) is 6.54 Å². The summed E-state index contributed by atoms with van der Waals surface area (Å²) in [6.07, 6.45) is 0.0514. The Balaban J connectivity index is 1.47. The van der Waals surface area contributed by atoms with Crippen molar-refractivity contribution in [2.45, 2.75) is 18.6 Å². The zero-order chi connectivity index (χ0) is 16.1. The summed E-state index contributed by atoms with van der Waals surface area (Å²) < 4.78 is 11.4. The Morgan fingerprint density at radius 2 is 1.83 bits per heavy atom. The molecule has 0 saturated carbocycles. The monoisotopic (exact) mass is 312 g/mol. The minimum atomic E-state index is -0.305. The SMILES string of the molecule is NC(CC(=O)NCC1COc2ccccc2O1)c1ccccc1. The predicted octanol–water partition coefficient (Wildman–Crippen LogP) is 2.03. The number of carbonyl (C=O) groups excluding carboxylic acids is 1. The molecule has 1 heterocycles. The van der Waals surface area contributed by atoms with E-state index >= 15 is 0 Å². The van der Waals surface area contributed by atoms with Crippen LogP contribution in [0.15, 0.2) is 54.6 Å². The molecule has 23 heavy (non-hydrogen) atoms. The van der Waals surface area contributed by atoms with Crippen LogP contribution in [-0.2, 0) is 4.79 Å². The fourth-order valence-electron chi connectivity index (χ4n) is 2.48. The maximum absolute atomic E-state index is 12.0. The summed E-state index contributed by atoms with van der Waals surface area (Å²) in [6, 6.07) is 16.8. The topological polar surface area (TPSA) is 73.6 Å². The van der Waals surface area contributed by atoms with Crippen molar-refractivity contribution in [1.82, 2.24) is 5.32 Å². The van der Waals surface area contributed by atoms with Crippen molar-refractivity contribution >= 4 is 5.91 Å². The average molecular weight is 312 g/mol. The Morgan fingerprint density at radius 1 is 1.13 bits per heavy atom. The standard InChI is InChI=1S/C18H20N2O3/c19-15(13-6-2-1-3-7-13)10-18(21)20-11-14-12-22-16-8-4-5-9-17(16)23-14/h1-9,14-15H,10-12,19H2,(H,20,21). The Morgan fingerprint density at radius 3 is 2.61 bits per heavy atom. The van der Waals surface area contributed by atoms with Crippen molar-refractivity contribution in [2.75, 3.05) is 13.2 Å². The van der Waals surface area contributed by atoms with Gasteiger partial charge in [0.1, 0.15) is 12.7 Å². The number of rotatable bonds is 5. The molecule has 2 unspecified atom stereocenters. The Bertz CT molecular complexity index is 660. The average Bonchev–Trinajstić information content (AvgIpc) is 2.60. The number of ether oxygens (including phenoxy) is 2. The molecule has 5 heteroatoms. The van der Waals surface area contributed by atoms with Crippen LogP contribution in [0.4, 0.5) is 0 Å². The van der Waals surface area contributed by atoms with Gasteiger partial charge in [-0.3, -0.25) is 4.79 Å². The number of benzene rings is 2. The van der Waals surface area contributed by atoms with Crippen molar-refractivity contribution in [3.63, 3.8) is 0 Å². The van der Waals surface area contributed by atoms with Gasteiger partial charge >= 0.3 is 0 Å². The van der Waals surface area contributed by atoms with E-state index in [-0.39, 0.29) is 24.5 Å². The van der Waals surface area contributed by atoms with E-state index in [2.05, 4.69) is 5.32 Å². The highest BCUT2D eigenvalue weighted by molar-refractivity contribution is 5.76. The Hall–Kier alpha value is -2.53. The van der Waals surface area contributed by atoms with Crippen LogP contribution in [0.5, 0.6) is 11.5 Å². The van der Waals surface area contributed by atoms with Crippen molar-refractivity contribution < 1.29 is 14.3 Å². The predicted molar refractivity (Wildman–Crippen MR) is 87.4 cm³/mol. The number of fused-ring (bicyclic) bond motifs is 1. The summed E-state index contributed by atoms with van der Waals surface area (Å²) >= 11 is 0. The van der Waals surface area contributed by atoms with Crippen LogP contribution < -0.4 is 20.5 Å². The molecule has 2 aromatic carbocycles. The molecule has 1 amide bonds. The fourth-order valence-corrected chi connectivity index (χ4v) is 2.48. The van der Waals surface area contributed by atoms with Crippen LogP contribution in [0.2, 0.25) is 0 Å². The molecule has 0 fully saturated rings. The van der Waals surface area contributed by atoms with E-state index < -0.39 is 0 Å². The van der Waals surface area contributed by atoms with Gasteiger partial charge in [0.15, 0.2) is 11.5 Å². The molecule has 0 bridgehead atoms. The van der Waals surface area contributed by atoms with Gasteiger partial charge < -0.3 is 20.5 Å². The zero-order valence-electron chi connectivity index (χ0n) is 12.8. The first-order chi connectivity index (χ1) is 11.2. The largest absolute Gasteiger partial charge is 0.486 e. The van der Waals surface area contributed by atoms with Gasteiger partial charge in [-0.2, -0.15) is 0 Å². The van der Waals surface area contributed by atoms with Crippen LogP contribution in [0, 0.1) is 0 Å². The molecule has 0 saturated heterocycles. The lowest BCUT2D eigenvalue weighted by Crippen LogP contribution is -2.41. The number of amides is 1. The first kappa shape index (κ1) is 15.4. The maximum atomic E-state index is 12.0. The molecule has 2 aromatic rings. The van der Waals surface area contributed by atoms with Crippen LogP contribution >= 0.6 is 0 Å². The highest BCUT2D eigenvalue weighted by atomic mass is 16.6. The summed E-state index contributed by atoms with van der Waals surface area (Å²) in [4.78, 5) is 12.0. The van der Waals surface area contributed by atoms with Crippen molar-refractivity contribution in [1.29, 1.82) is 0 Å². The van der Waals surface area contributed by atoms with Crippen LogP contribution in [0.1, 0.15) is 18.0 Å². The van der Waals surface area contributed by atoms with Gasteiger partial charge in [0.25, 0.3) is 0 Å². The summed E-state index contributed by atoms with van der Waals surface area (Å²) in [5, 5.41) is 2.86. The number of nitrogens with two attached hydrogens (primary N) is 1. The van der Waals surface area contributed by atoms with E-state index in [9.17, 15) is 4.79 Å². The summed E-state index contributed by atoms with van der Waals surface area (Å²) in [7, 11) is 0. The smallest absolute Gasteiger partial charge is 0.222 e. The second kappa shape index (κ2) is 7.15. The van der Waals surface area contributed by atoms with E-state index in [1.165, 1.54) is 0 Å². The number of hydrogen-bond donors (Lipinski definition) is 2. The molecule has 0 radical (unpaired) electrons. The normalized spacial score (nSPS) is 17.3. The van der Waals surface area contributed by atoms with Gasteiger partial charge in [-0.1, -0.05) is 42.5 Å². The van der Waals surface area contributed by atoms with E-state index in [4.69, 9.17) is 15.2 Å². The first-order valence-electron chi connectivity index (χ1n) is 7.68. The minimum absolute atomic E-state index is 0.0937. The fraction of sp³-hybridized carbons (Fsp3) is 0.278. The molecule has 120 valence electrons. The summed E-state index contributed by atoms with van der Waals surface area (Å²) in [5.41, 5.74) is 7.00. The first-order valence-corrected chi connectivity index (χ1v) is 7.68. The van der Waals surface area contributed by atoms with Crippen LogP contribution in [0.25, 0.3) is 0 Å². The quantitative estimate of drug-likeness (QED) is 0.886. The molecule has 0 aliphatic carbocycles. The van der Waals surface area contributed by atoms with Crippen molar-refractivity contribution in [2.24, 2.45) is 5.73 Å². The van der Waals surface area contributed by atoms with Crippen molar-refractivity contribution in [3.05, 3.63) is 60.2 Å². The highest BCUT2D eigenvalue weighted by Gasteiger charge is 2.21. The summed E-state index contributed by atoms with van der Waals surface area (Å²) in [6.45, 7) is 0.816.